The van der Waals surface area contributed by atoms with Crippen molar-refractivity contribution >= 4 is 17.7 Å². The number of fused-ring (bicyclic) bond motifs is 1. The van der Waals surface area contributed by atoms with Crippen LogP contribution in [0.1, 0.15) is 17.3 Å². The highest BCUT2D eigenvalue weighted by Crippen LogP contribution is 2.39. The first-order chi connectivity index (χ1) is 9.24. The average molecular weight is 276 g/mol. The number of amides is 1. The molecule has 0 saturated heterocycles. The summed E-state index contributed by atoms with van der Waals surface area (Å²) in [5.74, 6) is 1.01. The molecule has 1 aromatic carbocycles. The van der Waals surface area contributed by atoms with Gasteiger partial charge < -0.3 is 5.32 Å². The Morgan fingerprint density at radius 2 is 2.32 bits per heavy atom. The molecule has 19 heavy (non-hydrogen) atoms. The fraction of sp³-hybridized carbons (Fsp3) is 0.250. The molecule has 2 heterocycles. The first-order valence-corrected chi connectivity index (χ1v) is 6.85. The normalized spacial score (nSPS) is 17.2. The van der Waals surface area contributed by atoms with Crippen LogP contribution >= 0.6 is 11.8 Å². The minimum atomic E-state index is -0.369. The number of aromatic nitrogens is 3. The lowest BCUT2D eigenvalue weighted by Gasteiger charge is -2.10. The van der Waals surface area contributed by atoms with E-state index in [1.54, 1.807) is 11.8 Å². The largest absolute Gasteiger partial charge is 0.348 e. The monoisotopic (exact) mass is 276 g/mol. The molecule has 0 saturated carbocycles. The Bertz CT molecular complexity index is 663. The van der Waals surface area contributed by atoms with Crippen molar-refractivity contribution < 1.29 is 4.79 Å². The average Bonchev–Trinajstić information content (AvgIpc) is 3.02. The van der Waals surface area contributed by atoms with Crippen LogP contribution < -0.4 is 11.0 Å². The number of hydrogen-bond acceptors (Lipinski definition) is 4. The predicted molar refractivity (Wildman–Crippen MR) is 71.0 cm³/mol. The molecular formula is C12H12N4O2S. The molecule has 1 aliphatic rings. The van der Waals surface area contributed by atoms with Crippen LogP contribution in [0.4, 0.5) is 0 Å². The number of nitrogens with zero attached hydrogens (tertiary/aromatic N) is 1. The number of carbonyl (C=O) groups excluding carboxylic acids is 1. The lowest BCUT2D eigenvalue weighted by atomic mass is 10.0. The Hall–Kier alpha value is -2.02. The second-order valence-corrected chi connectivity index (χ2v) is 5.31. The summed E-state index contributed by atoms with van der Waals surface area (Å²) in [4.78, 5) is 26.7. The number of nitrogens with one attached hydrogen (secondary N) is 3. The van der Waals surface area contributed by atoms with E-state index < -0.39 is 0 Å². The topological polar surface area (TPSA) is 90.6 Å². The van der Waals surface area contributed by atoms with Gasteiger partial charge in [0.1, 0.15) is 5.82 Å². The van der Waals surface area contributed by atoms with Crippen molar-refractivity contribution in [2.75, 3.05) is 5.75 Å². The van der Waals surface area contributed by atoms with Gasteiger partial charge in [0.25, 0.3) is 0 Å². The van der Waals surface area contributed by atoms with Gasteiger partial charge in [-0.2, -0.15) is 5.10 Å². The van der Waals surface area contributed by atoms with Gasteiger partial charge >= 0.3 is 5.69 Å². The van der Waals surface area contributed by atoms with Crippen molar-refractivity contribution in [1.29, 1.82) is 0 Å². The Morgan fingerprint density at radius 1 is 1.47 bits per heavy atom. The van der Waals surface area contributed by atoms with E-state index in [2.05, 4.69) is 20.5 Å². The summed E-state index contributed by atoms with van der Waals surface area (Å²) in [7, 11) is 0. The molecule has 7 heteroatoms. The molecule has 98 valence electrons. The SMILES string of the molecule is O=C(NCc1n[nH]c(=O)[nH]1)[C@H]1CSc2ccccc21. The maximum atomic E-state index is 12.1. The molecule has 1 amide bonds. The molecule has 0 radical (unpaired) electrons. The summed E-state index contributed by atoms with van der Waals surface area (Å²) in [6, 6.07) is 7.92. The summed E-state index contributed by atoms with van der Waals surface area (Å²) in [6.45, 7) is 0.223. The standard InChI is InChI=1S/C12H12N4O2S/c17-11(13-5-10-14-12(18)16-15-10)8-6-19-9-4-2-1-3-7(8)9/h1-4,8H,5-6H2,(H,13,17)(H2,14,15,16,18)/t8-/m0/s1. The Kier molecular flexibility index (Phi) is 3.12. The third-order valence-corrected chi connectivity index (χ3v) is 4.18. The van der Waals surface area contributed by atoms with Crippen LogP contribution in [0.2, 0.25) is 0 Å². The van der Waals surface area contributed by atoms with Gasteiger partial charge in [-0.25, -0.2) is 9.89 Å². The predicted octanol–water partition coefficient (Wildman–Crippen LogP) is 0.604. The molecule has 0 spiro atoms. The molecule has 3 rings (SSSR count). The molecule has 6 nitrogen and oxygen atoms in total. The van der Waals surface area contributed by atoms with Crippen molar-refractivity contribution in [3.05, 3.63) is 46.1 Å². The van der Waals surface area contributed by atoms with Crippen molar-refractivity contribution in [2.45, 2.75) is 17.4 Å². The van der Waals surface area contributed by atoms with E-state index in [1.807, 2.05) is 24.3 Å². The molecule has 1 aromatic heterocycles. The molecule has 0 aliphatic carbocycles. The highest BCUT2D eigenvalue weighted by molar-refractivity contribution is 7.99. The van der Waals surface area contributed by atoms with Gasteiger partial charge in [0.15, 0.2) is 0 Å². The van der Waals surface area contributed by atoms with Crippen molar-refractivity contribution in [3.8, 4) is 0 Å². The number of rotatable bonds is 3. The number of thioether (sulfide) groups is 1. The zero-order chi connectivity index (χ0) is 13.2. The summed E-state index contributed by atoms with van der Waals surface area (Å²) in [5, 5.41) is 8.80. The lowest BCUT2D eigenvalue weighted by Crippen LogP contribution is -2.29. The van der Waals surface area contributed by atoms with Crippen LogP contribution in [0.5, 0.6) is 0 Å². The highest BCUT2D eigenvalue weighted by atomic mass is 32.2. The summed E-state index contributed by atoms with van der Waals surface area (Å²) < 4.78 is 0. The van der Waals surface area contributed by atoms with Gasteiger partial charge in [-0.3, -0.25) is 9.78 Å². The number of hydrogen-bond donors (Lipinski definition) is 3. The molecular weight excluding hydrogens is 264 g/mol. The Balaban J connectivity index is 1.67. The Morgan fingerprint density at radius 3 is 3.11 bits per heavy atom. The minimum Gasteiger partial charge on any atom is -0.348 e. The van der Waals surface area contributed by atoms with Crippen LogP contribution in [0, 0.1) is 0 Å². The molecule has 1 atom stereocenters. The summed E-state index contributed by atoms with van der Waals surface area (Å²) >= 11 is 1.69. The molecule has 1 aliphatic heterocycles. The van der Waals surface area contributed by atoms with Crippen molar-refractivity contribution in [2.24, 2.45) is 0 Å². The smallest absolute Gasteiger partial charge is 0.340 e. The minimum absolute atomic E-state index is 0.0405. The van der Waals surface area contributed by atoms with Crippen LogP contribution in [-0.4, -0.2) is 26.8 Å². The van der Waals surface area contributed by atoms with E-state index in [-0.39, 0.29) is 24.1 Å². The van der Waals surface area contributed by atoms with Crippen LogP contribution in [-0.2, 0) is 11.3 Å². The number of benzene rings is 1. The zero-order valence-electron chi connectivity index (χ0n) is 9.97. The lowest BCUT2D eigenvalue weighted by molar-refractivity contribution is -0.122. The third-order valence-electron chi connectivity index (χ3n) is 3.00. The molecule has 3 N–H and O–H groups in total. The van der Waals surface area contributed by atoms with Crippen molar-refractivity contribution in [3.63, 3.8) is 0 Å². The van der Waals surface area contributed by atoms with E-state index >= 15 is 0 Å². The van der Waals surface area contributed by atoms with Crippen molar-refractivity contribution in [1.82, 2.24) is 20.5 Å². The van der Waals surface area contributed by atoms with Gasteiger partial charge in [-0.1, -0.05) is 18.2 Å². The van der Waals surface area contributed by atoms with Gasteiger partial charge in [0.05, 0.1) is 12.5 Å². The van der Waals surface area contributed by atoms with E-state index in [4.69, 9.17) is 0 Å². The maximum Gasteiger partial charge on any atom is 0.340 e. The van der Waals surface area contributed by atoms with E-state index in [0.29, 0.717) is 5.82 Å². The molecule has 0 unspecified atom stereocenters. The number of H-pyrrole nitrogens is 2. The first-order valence-electron chi connectivity index (χ1n) is 5.87. The molecule has 0 fully saturated rings. The fourth-order valence-corrected chi connectivity index (χ4v) is 3.29. The second kappa shape index (κ2) is 4.93. The van der Waals surface area contributed by atoms with Crippen LogP contribution in [0.3, 0.4) is 0 Å². The van der Waals surface area contributed by atoms with Gasteiger partial charge in [0, 0.05) is 10.6 Å². The fourth-order valence-electron chi connectivity index (χ4n) is 2.06. The van der Waals surface area contributed by atoms with Gasteiger partial charge in [0.2, 0.25) is 5.91 Å². The molecule has 0 bridgehead atoms. The molecule has 2 aromatic rings. The quantitative estimate of drug-likeness (QED) is 0.766. The van der Waals surface area contributed by atoms with Crippen LogP contribution in [0.15, 0.2) is 34.0 Å². The number of carbonyl (C=O) groups is 1. The van der Waals surface area contributed by atoms with E-state index in [0.717, 1.165) is 16.2 Å². The first kappa shape index (κ1) is 12.0. The Labute approximate surface area is 113 Å². The van der Waals surface area contributed by atoms with Gasteiger partial charge in [-0.15, -0.1) is 11.8 Å². The summed E-state index contributed by atoms with van der Waals surface area (Å²) in [6.07, 6.45) is 0. The summed E-state index contributed by atoms with van der Waals surface area (Å²) in [5.41, 5.74) is 0.700. The van der Waals surface area contributed by atoms with E-state index in [9.17, 15) is 9.59 Å². The van der Waals surface area contributed by atoms with Gasteiger partial charge in [-0.05, 0) is 11.6 Å². The third kappa shape index (κ3) is 2.41. The highest BCUT2D eigenvalue weighted by Gasteiger charge is 2.28. The van der Waals surface area contributed by atoms with Crippen LogP contribution in [0.25, 0.3) is 0 Å². The van der Waals surface area contributed by atoms with E-state index in [1.165, 1.54) is 0 Å². The second-order valence-electron chi connectivity index (χ2n) is 4.24. The maximum absolute atomic E-state index is 12.1. The zero-order valence-corrected chi connectivity index (χ0v) is 10.8. The number of aromatic amines is 2.